The second kappa shape index (κ2) is 17.2. The summed E-state index contributed by atoms with van der Waals surface area (Å²) in [5.41, 5.74) is 3.10. The maximum atomic E-state index is 13.5. The molecule has 0 aromatic rings. The van der Waals surface area contributed by atoms with Gasteiger partial charge in [-0.2, -0.15) is 0 Å². The standard InChI is InChI=1S/C49H74ClNO5.C2H6/c1-30(2)34-18-25-49(27-22-40(52)51-31(3)32-14-13-15-33(50)28-32)26-19-36-35(42(34)49)16-17-38-47(36,11)23-20-37-46(9,10)39(21-24-48(37,38)12)55-41(53)29-45(7,8)43(54)56-44(4,5)6;1-2/h14,22,27-28,30-31,35-39H,13,15-21,23-26,29H2,1-12H3,(H,51,52);1-2H3/b27-22+;. The molecule has 0 bridgehead atoms. The Labute approximate surface area is 358 Å². The molecule has 9 unspecified atom stereocenters. The van der Waals surface area contributed by atoms with E-state index in [1.807, 2.05) is 46.8 Å². The number of carbonyl (C=O) groups is 3. The second-order valence-electron chi connectivity index (χ2n) is 22.0. The Bertz CT molecular complexity index is 1690. The number of rotatable bonds is 9. The van der Waals surface area contributed by atoms with E-state index in [9.17, 15) is 14.4 Å². The summed E-state index contributed by atoms with van der Waals surface area (Å²) in [6, 6.07) is -0.0747. The van der Waals surface area contributed by atoms with Crippen molar-refractivity contribution in [1.82, 2.24) is 5.32 Å². The van der Waals surface area contributed by atoms with Crippen LogP contribution in [0.3, 0.4) is 0 Å². The van der Waals surface area contributed by atoms with Gasteiger partial charge >= 0.3 is 11.9 Å². The summed E-state index contributed by atoms with van der Waals surface area (Å²) in [5.74, 6) is 2.11. The zero-order valence-electron chi connectivity index (χ0n) is 39.0. The van der Waals surface area contributed by atoms with E-state index in [1.165, 1.54) is 25.7 Å². The zero-order valence-corrected chi connectivity index (χ0v) is 39.7. The molecule has 0 saturated heterocycles. The number of amides is 1. The lowest BCUT2D eigenvalue weighted by molar-refractivity contribution is -0.213. The third-order valence-corrected chi connectivity index (χ3v) is 16.4. The van der Waals surface area contributed by atoms with Crippen molar-refractivity contribution in [2.24, 2.45) is 56.7 Å². The number of hydrogen-bond acceptors (Lipinski definition) is 5. The number of nitrogens with one attached hydrogen (secondary N) is 1. The Balaban J connectivity index is 0.00000315. The van der Waals surface area contributed by atoms with Crippen molar-refractivity contribution in [3.05, 3.63) is 46.1 Å². The van der Waals surface area contributed by atoms with E-state index in [-0.39, 0.29) is 58.1 Å². The molecule has 6 rings (SSSR count). The van der Waals surface area contributed by atoms with E-state index in [4.69, 9.17) is 21.1 Å². The summed E-state index contributed by atoms with van der Waals surface area (Å²) in [7, 11) is 0. The average molecular weight is 823 g/mol. The minimum atomic E-state index is -0.953. The summed E-state index contributed by atoms with van der Waals surface area (Å²) in [4.78, 5) is 39.9. The van der Waals surface area contributed by atoms with Gasteiger partial charge in [0.25, 0.3) is 0 Å². The first-order valence-corrected chi connectivity index (χ1v) is 23.5. The largest absolute Gasteiger partial charge is 0.462 e. The molecule has 58 heavy (non-hydrogen) atoms. The molecule has 326 valence electrons. The molecular weight excluding hydrogens is 742 g/mol. The van der Waals surface area contributed by atoms with Gasteiger partial charge in [-0.05, 0) is 177 Å². The number of esters is 2. The molecule has 6 aliphatic rings. The first-order valence-electron chi connectivity index (χ1n) is 23.2. The number of carbonyl (C=O) groups excluding carboxylic acids is 3. The van der Waals surface area contributed by atoms with Crippen molar-refractivity contribution >= 4 is 29.4 Å². The highest BCUT2D eigenvalue weighted by Crippen LogP contribution is 2.73. The molecule has 9 atom stereocenters. The van der Waals surface area contributed by atoms with Crippen LogP contribution in [0.15, 0.2) is 46.1 Å². The Morgan fingerprint density at radius 2 is 1.55 bits per heavy atom. The molecule has 1 N–H and O–H groups in total. The van der Waals surface area contributed by atoms with Gasteiger partial charge in [0.2, 0.25) is 5.91 Å². The maximum Gasteiger partial charge on any atom is 0.312 e. The highest BCUT2D eigenvalue weighted by molar-refractivity contribution is 6.29. The normalized spacial score (nSPS) is 34.9. The Hall–Kier alpha value is -2.34. The van der Waals surface area contributed by atoms with E-state index in [0.717, 1.165) is 62.0 Å². The number of ether oxygens (including phenoxy) is 2. The van der Waals surface area contributed by atoms with Crippen LogP contribution in [-0.4, -0.2) is 35.6 Å². The van der Waals surface area contributed by atoms with E-state index in [1.54, 1.807) is 25.0 Å². The molecule has 0 aromatic carbocycles. The molecule has 0 aromatic heterocycles. The van der Waals surface area contributed by atoms with Crippen LogP contribution in [0.4, 0.5) is 0 Å². The van der Waals surface area contributed by atoms with E-state index >= 15 is 0 Å². The molecule has 0 radical (unpaired) electrons. The first-order chi connectivity index (χ1) is 26.9. The van der Waals surface area contributed by atoms with Gasteiger partial charge in [0, 0.05) is 15.9 Å². The van der Waals surface area contributed by atoms with Crippen molar-refractivity contribution < 1.29 is 23.9 Å². The lowest BCUT2D eigenvalue weighted by atomic mass is 9.36. The fraction of sp³-hybridized carbons (Fsp3) is 0.784. The van der Waals surface area contributed by atoms with Crippen LogP contribution in [0.5, 0.6) is 0 Å². The number of allylic oxidation sites excluding steroid dienone is 5. The SMILES string of the molecule is CC.CC(C)C1=C2C3CCC4C(C)(CCC5C(C)(C)C(OC(=O)CC(C)(C)C(=O)OC(C)(C)C)CCC54C)C3CCC2(/C=C/C(=O)NC(C)C2=CCCC(Cl)=C2)CC1. The fourth-order valence-corrected chi connectivity index (χ4v) is 13.7. The minimum absolute atomic E-state index is 0.0140. The summed E-state index contributed by atoms with van der Waals surface area (Å²) < 4.78 is 12.0. The molecule has 0 heterocycles. The van der Waals surface area contributed by atoms with Gasteiger partial charge in [0.05, 0.1) is 17.9 Å². The summed E-state index contributed by atoms with van der Waals surface area (Å²) in [5, 5.41) is 4.09. The van der Waals surface area contributed by atoms with Crippen LogP contribution in [0.2, 0.25) is 0 Å². The fourth-order valence-electron chi connectivity index (χ4n) is 13.5. The summed E-state index contributed by atoms with van der Waals surface area (Å²) in [6.45, 7) is 29.8. The molecule has 0 spiro atoms. The molecule has 6 nitrogen and oxygen atoms in total. The zero-order chi connectivity index (χ0) is 43.2. The lowest BCUT2D eigenvalue weighted by Crippen LogP contribution is -2.63. The monoisotopic (exact) mass is 822 g/mol. The van der Waals surface area contributed by atoms with Crippen LogP contribution >= 0.6 is 11.6 Å². The first kappa shape index (κ1) is 46.7. The summed E-state index contributed by atoms with van der Waals surface area (Å²) >= 11 is 6.34. The topological polar surface area (TPSA) is 81.7 Å². The van der Waals surface area contributed by atoms with Gasteiger partial charge in [-0.25, -0.2) is 0 Å². The van der Waals surface area contributed by atoms with Crippen molar-refractivity contribution in [2.45, 2.75) is 198 Å². The van der Waals surface area contributed by atoms with E-state index in [2.05, 4.69) is 65.9 Å². The van der Waals surface area contributed by atoms with Crippen LogP contribution in [-0.2, 0) is 23.9 Å². The lowest BCUT2D eigenvalue weighted by Gasteiger charge is -2.68. The molecule has 4 saturated carbocycles. The second-order valence-corrected chi connectivity index (χ2v) is 22.5. The Morgan fingerprint density at radius 3 is 2.19 bits per heavy atom. The van der Waals surface area contributed by atoms with Crippen LogP contribution in [0, 0.1) is 56.7 Å². The third kappa shape index (κ3) is 8.99. The molecular formula is C51H80ClNO5. The predicted octanol–water partition coefficient (Wildman–Crippen LogP) is 13.0. The highest BCUT2D eigenvalue weighted by atomic mass is 35.5. The van der Waals surface area contributed by atoms with Gasteiger partial charge in [0.1, 0.15) is 11.7 Å². The van der Waals surface area contributed by atoms with Gasteiger partial charge in [-0.1, -0.05) is 90.3 Å². The van der Waals surface area contributed by atoms with Gasteiger partial charge in [0.15, 0.2) is 0 Å². The van der Waals surface area contributed by atoms with Crippen LogP contribution in [0.1, 0.15) is 180 Å². The molecule has 0 aliphatic heterocycles. The van der Waals surface area contributed by atoms with Crippen molar-refractivity contribution in [1.29, 1.82) is 0 Å². The Morgan fingerprint density at radius 1 is 0.879 bits per heavy atom. The molecule has 4 fully saturated rings. The molecule has 7 heteroatoms. The van der Waals surface area contributed by atoms with Crippen LogP contribution < -0.4 is 5.32 Å². The van der Waals surface area contributed by atoms with Crippen molar-refractivity contribution in [3.8, 4) is 0 Å². The average Bonchev–Trinajstić information content (AvgIpc) is 3.52. The highest BCUT2D eigenvalue weighted by Gasteiger charge is 2.66. The Kier molecular flexibility index (Phi) is 13.9. The van der Waals surface area contributed by atoms with Gasteiger partial charge < -0.3 is 14.8 Å². The third-order valence-electron chi connectivity index (χ3n) is 16.1. The minimum Gasteiger partial charge on any atom is -0.462 e. The summed E-state index contributed by atoms with van der Waals surface area (Å²) in [6.07, 6.45) is 21.3. The van der Waals surface area contributed by atoms with Gasteiger partial charge in [-0.3, -0.25) is 14.4 Å². The number of halogens is 1. The smallest absolute Gasteiger partial charge is 0.312 e. The quantitative estimate of drug-likeness (QED) is 0.142. The van der Waals surface area contributed by atoms with Crippen molar-refractivity contribution in [2.75, 3.05) is 0 Å². The number of fused-ring (bicyclic) bond motifs is 7. The van der Waals surface area contributed by atoms with Gasteiger partial charge in [-0.15, -0.1) is 0 Å². The van der Waals surface area contributed by atoms with Crippen LogP contribution in [0.25, 0.3) is 0 Å². The number of hydrogen-bond donors (Lipinski definition) is 1. The predicted molar refractivity (Wildman–Crippen MR) is 238 cm³/mol. The maximum absolute atomic E-state index is 13.5. The molecule has 1 amide bonds. The van der Waals surface area contributed by atoms with E-state index in [0.29, 0.717) is 29.6 Å². The van der Waals surface area contributed by atoms with E-state index < -0.39 is 11.0 Å². The molecule has 6 aliphatic carbocycles. The van der Waals surface area contributed by atoms with Crippen molar-refractivity contribution in [3.63, 3.8) is 0 Å².